The Kier molecular flexibility index (Phi) is 5.34. The van der Waals surface area contributed by atoms with Gasteiger partial charge in [-0.3, -0.25) is 16.3 Å². The summed E-state index contributed by atoms with van der Waals surface area (Å²) in [6.07, 6.45) is 10.1. The van der Waals surface area contributed by atoms with Crippen molar-refractivity contribution >= 4 is 0 Å². The molecule has 1 atom stereocenters. The van der Waals surface area contributed by atoms with Crippen molar-refractivity contribution < 1.29 is 0 Å². The summed E-state index contributed by atoms with van der Waals surface area (Å²) in [5, 5.41) is 0. The Labute approximate surface area is 117 Å². The van der Waals surface area contributed by atoms with Crippen molar-refractivity contribution in [3.05, 3.63) is 30.1 Å². The highest BCUT2D eigenvalue weighted by Gasteiger charge is 2.28. The van der Waals surface area contributed by atoms with Gasteiger partial charge in [0.05, 0.1) is 0 Å². The highest BCUT2D eigenvalue weighted by atomic mass is 15.2. The molecular weight excluding hydrogens is 234 g/mol. The smallest absolute Gasteiger partial charge is 0.0279 e. The molecule has 0 radical (unpaired) electrons. The SMILES string of the molecule is CC(C)C1CCC(C(Cc2ccncc2)NN)CC1. The molecule has 0 saturated heterocycles. The molecule has 1 aliphatic carbocycles. The van der Waals surface area contributed by atoms with Gasteiger partial charge in [0.2, 0.25) is 0 Å². The van der Waals surface area contributed by atoms with Gasteiger partial charge >= 0.3 is 0 Å². The molecule has 0 spiro atoms. The highest BCUT2D eigenvalue weighted by Crippen LogP contribution is 2.35. The Hall–Kier alpha value is -0.930. The molecule has 0 amide bonds. The molecule has 1 aromatic rings. The first-order valence-corrected chi connectivity index (χ1v) is 7.55. The van der Waals surface area contributed by atoms with Gasteiger partial charge in [-0.1, -0.05) is 13.8 Å². The van der Waals surface area contributed by atoms with E-state index in [1.807, 2.05) is 12.4 Å². The predicted octanol–water partition coefficient (Wildman–Crippen LogP) is 2.92. The third-order valence-corrected chi connectivity index (χ3v) is 4.75. The van der Waals surface area contributed by atoms with Crippen molar-refractivity contribution in [2.75, 3.05) is 0 Å². The summed E-state index contributed by atoms with van der Waals surface area (Å²) in [4.78, 5) is 4.07. The number of rotatable bonds is 5. The molecule has 19 heavy (non-hydrogen) atoms. The van der Waals surface area contributed by atoms with Crippen molar-refractivity contribution in [3.63, 3.8) is 0 Å². The van der Waals surface area contributed by atoms with Gasteiger partial charge in [-0.25, -0.2) is 0 Å². The van der Waals surface area contributed by atoms with Crippen LogP contribution in [0.25, 0.3) is 0 Å². The van der Waals surface area contributed by atoms with Gasteiger partial charge in [0.1, 0.15) is 0 Å². The molecule has 106 valence electrons. The van der Waals surface area contributed by atoms with E-state index in [1.165, 1.54) is 31.2 Å². The number of pyridine rings is 1. The summed E-state index contributed by atoms with van der Waals surface area (Å²) in [7, 11) is 0. The van der Waals surface area contributed by atoms with Crippen LogP contribution >= 0.6 is 0 Å². The lowest BCUT2D eigenvalue weighted by Gasteiger charge is -2.35. The Bertz CT molecular complexity index is 356. The third-order valence-electron chi connectivity index (χ3n) is 4.75. The van der Waals surface area contributed by atoms with Crippen molar-refractivity contribution in [2.24, 2.45) is 23.6 Å². The van der Waals surface area contributed by atoms with E-state index in [4.69, 9.17) is 5.84 Å². The van der Waals surface area contributed by atoms with Crippen LogP contribution in [0.4, 0.5) is 0 Å². The maximum atomic E-state index is 5.78. The average Bonchev–Trinajstić information content (AvgIpc) is 2.46. The van der Waals surface area contributed by atoms with E-state index in [0.29, 0.717) is 12.0 Å². The normalized spacial score (nSPS) is 25.5. The minimum absolute atomic E-state index is 0.399. The van der Waals surface area contributed by atoms with Crippen LogP contribution in [0.3, 0.4) is 0 Å². The maximum absolute atomic E-state index is 5.78. The highest BCUT2D eigenvalue weighted by molar-refractivity contribution is 5.11. The fraction of sp³-hybridized carbons (Fsp3) is 0.688. The van der Waals surface area contributed by atoms with Crippen LogP contribution < -0.4 is 11.3 Å². The predicted molar refractivity (Wildman–Crippen MR) is 79.3 cm³/mol. The Morgan fingerprint density at radius 1 is 1.16 bits per heavy atom. The monoisotopic (exact) mass is 261 g/mol. The van der Waals surface area contributed by atoms with Gasteiger partial charge in [-0.15, -0.1) is 0 Å². The largest absolute Gasteiger partial charge is 0.271 e. The summed E-state index contributed by atoms with van der Waals surface area (Å²) >= 11 is 0. The van der Waals surface area contributed by atoms with Crippen molar-refractivity contribution in [1.82, 2.24) is 10.4 Å². The van der Waals surface area contributed by atoms with Gasteiger partial charge in [0.25, 0.3) is 0 Å². The van der Waals surface area contributed by atoms with Gasteiger partial charge in [-0.2, -0.15) is 0 Å². The number of nitrogens with zero attached hydrogens (tertiary/aromatic N) is 1. The molecule has 2 rings (SSSR count). The molecule has 3 heteroatoms. The Morgan fingerprint density at radius 2 is 1.74 bits per heavy atom. The first-order chi connectivity index (χ1) is 9.20. The van der Waals surface area contributed by atoms with Crippen LogP contribution in [-0.4, -0.2) is 11.0 Å². The van der Waals surface area contributed by atoms with E-state index in [2.05, 4.69) is 36.4 Å². The number of hydrogen-bond acceptors (Lipinski definition) is 3. The molecule has 3 N–H and O–H groups in total. The van der Waals surface area contributed by atoms with Crippen LogP contribution in [0.1, 0.15) is 45.1 Å². The van der Waals surface area contributed by atoms with E-state index in [-0.39, 0.29) is 0 Å². The van der Waals surface area contributed by atoms with E-state index in [0.717, 1.165) is 18.3 Å². The molecule has 3 nitrogen and oxygen atoms in total. The van der Waals surface area contributed by atoms with Crippen LogP contribution in [0.15, 0.2) is 24.5 Å². The van der Waals surface area contributed by atoms with Gasteiger partial charge in [0.15, 0.2) is 0 Å². The molecule has 1 unspecified atom stereocenters. The van der Waals surface area contributed by atoms with E-state index in [9.17, 15) is 0 Å². The van der Waals surface area contributed by atoms with Crippen molar-refractivity contribution in [3.8, 4) is 0 Å². The average molecular weight is 261 g/mol. The zero-order chi connectivity index (χ0) is 13.7. The van der Waals surface area contributed by atoms with Crippen LogP contribution in [-0.2, 0) is 6.42 Å². The van der Waals surface area contributed by atoms with Crippen molar-refractivity contribution in [2.45, 2.75) is 52.0 Å². The Morgan fingerprint density at radius 3 is 2.26 bits per heavy atom. The quantitative estimate of drug-likeness (QED) is 0.633. The minimum Gasteiger partial charge on any atom is -0.271 e. The number of hydrogen-bond donors (Lipinski definition) is 2. The number of aromatic nitrogens is 1. The third kappa shape index (κ3) is 4.02. The summed E-state index contributed by atoms with van der Waals surface area (Å²) in [6.45, 7) is 4.70. The fourth-order valence-corrected chi connectivity index (χ4v) is 3.35. The Balaban J connectivity index is 1.89. The molecule has 0 aliphatic heterocycles. The summed E-state index contributed by atoms with van der Waals surface area (Å²) in [6, 6.07) is 4.57. The summed E-state index contributed by atoms with van der Waals surface area (Å²) in [5.41, 5.74) is 4.37. The van der Waals surface area contributed by atoms with Gasteiger partial charge in [-0.05, 0) is 67.6 Å². The first kappa shape index (κ1) is 14.5. The minimum atomic E-state index is 0.399. The van der Waals surface area contributed by atoms with Gasteiger partial charge in [0, 0.05) is 18.4 Å². The molecule has 0 bridgehead atoms. The van der Waals surface area contributed by atoms with E-state index in [1.54, 1.807) is 0 Å². The molecule has 1 aromatic heterocycles. The standard InChI is InChI=1S/C16H27N3/c1-12(2)14-3-5-15(6-4-14)16(19-17)11-13-7-9-18-10-8-13/h7-10,12,14-16,19H,3-6,11,17H2,1-2H3. The summed E-state index contributed by atoms with van der Waals surface area (Å²) < 4.78 is 0. The molecule has 1 heterocycles. The molecule has 1 saturated carbocycles. The lowest BCUT2D eigenvalue weighted by atomic mass is 9.74. The maximum Gasteiger partial charge on any atom is 0.0279 e. The number of hydrazine groups is 1. The second-order valence-electron chi connectivity index (χ2n) is 6.25. The lowest BCUT2D eigenvalue weighted by Crippen LogP contribution is -2.44. The zero-order valence-corrected chi connectivity index (χ0v) is 12.2. The summed E-state index contributed by atoms with van der Waals surface area (Å²) in [5.74, 6) is 8.23. The van der Waals surface area contributed by atoms with Crippen molar-refractivity contribution in [1.29, 1.82) is 0 Å². The second-order valence-corrected chi connectivity index (χ2v) is 6.25. The molecule has 1 fully saturated rings. The van der Waals surface area contributed by atoms with Crippen LogP contribution in [0.5, 0.6) is 0 Å². The number of nitrogens with one attached hydrogen (secondary N) is 1. The van der Waals surface area contributed by atoms with Crippen LogP contribution in [0.2, 0.25) is 0 Å². The number of nitrogens with two attached hydrogens (primary N) is 1. The van der Waals surface area contributed by atoms with E-state index >= 15 is 0 Å². The van der Waals surface area contributed by atoms with Gasteiger partial charge < -0.3 is 0 Å². The topological polar surface area (TPSA) is 50.9 Å². The lowest BCUT2D eigenvalue weighted by molar-refractivity contribution is 0.188. The van der Waals surface area contributed by atoms with Crippen LogP contribution in [0, 0.1) is 17.8 Å². The molecule has 1 aliphatic rings. The van der Waals surface area contributed by atoms with E-state index < -0.39 is 0 Å². The zero-order valence-electron chi connectivity index (χ0n) is 12.2. The molecular formula is C16H27N3. The second kappa shape index (κ2) is 7.01. The molecule has 0 aromatic carbocycles. The fourth-order valence-electron chi connectivity index (χ4n) is 3.35. The first-order valence-electron chi connectivity index (χ1n) is 7.55.